The Morgan fingerprint density at radius 2 is 2.25 bits per heavy atom. The van der Waals surface area contributed by atoms with E-state index in [9.17, 15) is 14.9 Å². The fourth-order valence-corrected chi connectivity index (χ4v) is 2.29. The maximum Gasteiger partial charge on any atom is 0.341 e. The van der Waals surface area contributed by atoms with Gasteiger partial charge >= 0.3 is 5.97 Å². The molecular formula is C12H10BrN3O4. The van der Waals surface area contributed by atoms with Crippen LogP contribution < -0.4 is 5.73 Å². The van der Waals surface area contributed by atoms with Crippen LogP contribution in [0.5, 0.6) is 0 Å². The number of aromatic nitrogens is 1. The van der Waals surface area contributed by atoms with Crippen LogP contribution in [0.25, 0.3) is 10.9 Å². The lowest BCUT2D eigenvalue weighted by Crippen LogP contribution is -2.09. The molecule has 104 valence electrons. The first-order valence-corrected chi connectivity index (χ1v) is 6.44. The number of rotatable bonds is 3. The van der Waals surface area contributed by atoms with Crippen LogP contribution in [0.4, 0.5) is 11.4 Å². The van der Waals surface area contributed by atoms with Gasteiger partial charge in [0, 0.05) is 23.7 Å². The summed E-state index contributed by atoms with van der Waals surface area (Å²) in [5.74, 6) is -0.609. The molecule has 1 aromatic heterocycles. The quantitative estimate of drug-likeness (QED) is 0.523. The highest BCUT2D eigenvalue weighted by Gasteiger charge is 2.18. The highest BCUT2D eigenvalue weighted by molar-refractivity contribution is 9.10. The highest BCUT2D eigenvalue weighted by atomic mass is 79.9. The summed E-state index contributed by atoms with van der Waals surface area (Å²) in [5.41, 5.74) is 6.41. The van der Waals surface area contributed by atoms with Gasteiger partial charge in [-0.1, -0.05) is 0 Å². The van der Waals surface area contributed by atoms with Crippen LogP contribution >= 0.6 is 15.9 Å². The van der Waals surface area contributed by atoms with Crippen molar-refractivity contribution in [1.82, 2.24) is 4.98 Å². The average Bonchev–Trinajstić information content (AvgIpc) is 2.39. The Morgan fingerprint density at radius 1 is 1.55 bits per heavy atom. The number of ether oxygens (including phenoxy) is 1. The number of hydrogen-bond donors (Lipinski definition) is 1. The molecule has 0 saturated heterocycles. The minimum Gasteiger partial charge on any atom is -0.462 e. The second kappa shape index (κ2) is 5.41. The summed E-state index contributed by atoms with van der Waals surface area (Å²) in [6, 6.07) is 2.62. The maximum absolute atomic E-state index is 11.7. The summed E-state index contributed by atoms with van der Waals surface area (Å²) < 4.78 is 5.30. The standard InChI is InChI=1S/C12H10BrN3O4/c1-2-20-12(17)8-5-15-11-7(10(8)14)3-6(16(18)19)4-9(11)13/h3-5H,2H2,1H3,(H2,14,15). The SMILES string of the molecule is CCOC(=O)c1cnc2c(Br)cc([N+](=O)[O-])cc2c1N. The van der Waals surface area contributed by atoms with Crippen molar-refractivity contribution in [2.45, 2.75) is 6.92 Å². The molecule has 8 heteroatoms. The van der Waals surface area contributed by atoms with Gasteiger partial charge in [0.2, 0.25) is 0 Å². The number of nitro groups is 1. The number of pyridine rings is 1. The number of halogens is 1. The lowest BCUT2D eigenvalue weighted by atomic mass is 10.1. The smallest absolute Gasteiger partial charge is 0.341 e. The molecule has 0 aliphatic carbocycles. The van der Waals surface area contributed by atoms with Gasteiger partial charge in [0.25, 0.3) is 5.69 Å². The maximum atomic E-state index is 11.7. The Kier molecular flexibility index (Phi) is 3.84. The molecule has 0 fully saturated rings. The lowest BCUT2D eigenvalue weighted by molar-refractivity contribution is -0.384. The molecule has 0 saturated carbocycles. The summed E-state index contributed by atoms with van der Waals surface area (Å²) in [4.78, 5) is 26.1. The molecule has 1 heterocycles. The van der Waals surface area contributed by atoms with Gasteiger partial charge in [-0.3, -0.25) is 15.1 Å². The van der Waals surface area contributed by atoms with Gasteiger partial charge in [-0.25, -0.2) is 4.79 Å². The van der Waals surface area contributed by atoms with Gasteiger partial charge in [0.15, 0.2) is 0 Å². The summed E-state index contributed by atoms with van der Waals surface area (Å²) >= 11 is 3.20. The number of benzene rings is 1. The molecule has 0 bridgehead atoms. The van der Waals surface area contributed by atoms with E-state index in [4.69, 9.17) is 10.5 Å². The van der Waals surface area contributed by atoms with E-state index in [0.717, 1.165) is 0 Å². The van der Waals surface area contributed by atoms with Crippen molar-refractivity contribution in [2.75, 3.05) is 12.3 Å². The monoisotopic (exact) mass is 339 g/mol. The minimum absolute atomic E-state index is 0.0896. The van der Waals surface area contributed by atoms with Gasteiger partial charge in [-0.15, -0.1) is 0 Å². The van der Waals surface area contributed by atoms with E-state index in [2.05, 4.69) is 20.9 Å². The molecule has 7 nitrogen and oxygen atoms in total. The number of nitrogens with two attached hydrogens (primary N) is 1. The average molecular weight is 340 g/mol. The van der Waals surface area contributed by atoms with Crippen LogP contribution in [0.1, 0.15) is 17.3 Å². The molecule has 2 rings (SSSR count). The van der Waals surface area contributed by atoms with Crippen molar-refractivity contribution in [1.29, 1.82) is 0 Å². The fourth-order valence-electron chi connectivity index (χ4n) is 1.74. The fraction of sp³-hybridized carbons (Fsp3) is 0.167. The van der Waals surface area contributed by atoms with E-state index in [0.29, 0.717) is 15.4 Å². The normalized spacial score (nSPS) is 10.5. The molecule has 0 radical (unpaired) electrons. The van der Waals surface area contributed by atoms with E-state index in [1.54, 1.807) is 6.92 Å². The summed E-state index contributed by atoms with van der Waals surface area (Å²) in [7, 11) is 0. The molecule has 0 aliphatic rings. The first-order valence-electron chi connectivity index (χ1n) is 5.65. The number of esters is 1. The van der Waals surface area contributed by atoms with Crippen molar-refractivity contribution in [3.63, 3.8) is 0 Å². The molecule has 0 aliphatic heterocycles. The lowest BCUT2D eigenvalue weighted by Gasteiger charge is -2.08. The molecule has 1 aromatic carbocycles. The number of fused-ring (bicyclic) bond motifs is 1. The molecule has 0 atom stereocenters. The molecule has 0 spiro atoms. The predicted molar refractivity (Wildman–Crippen MR) is 76.5 cm³/mol. The van der Waals surface area contributed by atoms with Gasteiger partial charge in [-0.2, -0.15) is 0 Å². The number of hydrogen-bond acceptors (Lipinski definition) is 6. The molecular weight excluding hydrogens is 330 g/mol. The van der Waals surface area contributed by atoms with Crippen LogP contribution in [0.15, 0.2) is 22.8 Å². The van der Waals surface area contributed by atoms with E-state index in [-0.39, 0.29) is 23.5 Å². The molecule has 2 N–H and O–H groups in total. The molecule has 0 unspecified atom stereocenters. The third kappa shape index (κ3) is 2.42. The van der Waals surface area contributed by atoms with Crippen molar-refractivity contribution < 1.29 is 14.5 Å². The third-order valence-electron chi connectivity index (χ3n) is 2.66. The molecule has 0 amide bonds. The Balaban J connectivity index is 2.70. The number of non-ortho nitro benzene ring substituents is 1. The summed E-state index contributed by atoms with van der Waals surface area (Å²) in [6.45, 7) is 1.87. The highest BCUT2D eigenvalue weighted by Crippen LogP contribution is 2.32. The Bertz CT molecular complexity index is 717. The summed E-state index contributed by atoms with van der Waals surface area (Å²) in [6.07, 6.45) is 1.30. The number of carbonyl (C=O) groups is 1. The second-order valence-corrected chi connectivity index (χ2v) is 4.74. The topological polar surface area (TPSA) is 108 Å². The van der Waals surface area contributed by atoms with Crippen LogP contribution in [-0.2, 0) is 4.74 Å². The van der Waals surface area contributed by atoms with Crippen LogP contribution in [-0.4, -0.2) is 22.5 Å². The Labute approximate surface area is 122 Å². The third-order valence-corrected chi connectivity index (χ3v) is 3.26. The second-order valence-electron chi connectivity index (χ2n) is 3.89. The number of anilines is 1. The van der Waals surface area contributed by atoms with Gasteiger partial charge in [0.1, 0.15) is 5.56 Å². The zero-order valence-corrected chi connectivity index (χ0v) is 12.0. The van der Waals surface area contributed by atoms with E-state index >= 15 is 0 Å². The van der Waals surface area contributed by atoms with Crippen molar-refractivity contribution in [2.24, 2.45) is 0 Å². The number of nitro benzene ring substituents is 1. The van der Waals surface area contributed by atoms with E-state index in [1.807, 2.05) is 0 Å². The van der Waals surface area contributed by atoms with Gasteiger partial charge < -0.3 is 10.5 Å². The van der Waals surface area contributed by atoms with Crippen molar-refractivity contribution >= 4 is 44.2 Å². The number of nitrogen functional groups attached to an aromatic ring is 1. The van der Waals surface area contributed by atoms with Crippen LogP contribution in [0.3, 0.4) is 0 Å². The van der Waals surface area contributed by atoms with Gasteiger partial charge in [0.05, 0.1) is 27.2 Å². The van der Waals surface area contributed by atoms with Crippen molar-refractivity contribution in [3.05, 3.63) is 38.5 Å². The zero-order valence-electron chi connectivity index (χ0n) is 10.4. The largest absolute Gasteiger partial charge is 0.462 e. The first kappa shape index (κ1) is 14.2. The number of nitrogens with zero attached hydrogens (tertiary/aromatic N) is 2. The predicted octanol–water partition coefficient (Wildman–Crippen LogP) is 2.66. The van der Waals surface area contributed by atoms with E-state index < -0.39 is 10.9 Å². The van der Waals surface area contributed by atoms with Crippen LogP contribution in [0, 0.1) is 10.1 Å². The van der Waals surface area contributed by atoms with Gasteiger partial charge in [-0.05, 0) is 22.9 Å². The first-order chi connectivity index (χ1) is 9.45. The molecule has 20 heavy (non-hydrogen) atoms. The number of carbonyl (C=O) groups excluding carboxylic acids is 1. The minimum atomic E-state index is -0.609. The van der Waals surface area contributed by atoms with Crippen molar-refractivity contribution in [3.8, 4) is 0 Å². The zero-order chi connectivity index (χ0) is 14.9. The molecule has 2 aromatic rings. The van der Waals surface area contributed by atoms with E-state index in [1.165, 1.54) is 18.3 Å². The Hall–Kier alpha value is -2.22. The Morgan fingerprint density at radius 3 is 2.85 bits per heavy atom. The summed E-state index contributed by atoms with van der Waals surface area (Å²) in [5, 5.41) is 11.2. The van der Waals surface area contributed by atoms with Crippen LogP contribution in [0.2, 0.25) is 0 Å².